The van der Waals surface area contributed by atoms with Gasteiger partial charge in [-0.2, -0.15) is 0 Å². The zero-order valence-corrected chi connectivity index (χ0v) is 21.1. The number of carbonyl (C=O) groups excluding carboxylic acids is 3. The minimum atomic E-state index is -1.28. The monoisotopic (exact) mass is 499 g/mol. The van der Waals surface area contributed by atoms with E-state index >= 15 is 0 Å². The van der Waals surface area contributed by atoms with Crippen LogP contribution in [0.25, 0.3) is 0 Å². The molecule has 1 N–H and O–H groups in total. The lowest BCUT2D eigenvalue weighted by Gasteiger charge is -2.30. The number of amides is 2. The first-order chi connectivity index (χ1) is 17.5. The van der Waals surface area contributed by atoms with Gasteiger partial charge in [0.1, 0.15) is 11.9 Å². The Bertz CT molecular complexity index is 942. The molecule has 0 bridgehead atoms. The number of rotatable bonds is 13. The van der Waals surface area contributed by atoms with E-state index in [9.17, 15) is 14.4 Å². The number of methoxy groups -OCH3 is 1. The van der Waals surface area contributed by atoms with Gasteiger partial charge in [-0.05, 0) is 50.0 Å². The van der Waals surface area contributed by atoms with Crippen LogP contribution in [0, 0.1) is 0 Å². The molecule has 1 aromatic rings. The van der Waals surface area contributed by atoms with Crippen LogP contribution >= 0.6 is 0 Å². The molecule has 36 heavy (non-hydrogen) atoms. The summed E-state index contributed by atoms with van der Waals surface area (Å²) in [7, 11) is 1.32. The molecule has 8 heteroatoms. The molecule has 8 nitrogen and oxygen atoms in total. The van der Waals surface area contributed by atoms with Gasteiger partial charge >= 0.3 is 6.09 Å². The number of aliphatic hydroxyl groups excluding tert-OH is 1. The maximum Gasteiger partial charge on any atom is 0.417 e. The number of benzene rings is 1. The lowest BCUT2D eigenvalue weighted by Crippen LogP contribution is -2.52. The summed E-state index contributed by atoms with van der Waals surface area (Å²) < 4.78 is 16.7. The number of nitrogens with zero attached hydrogens (tertiary/aromatic N) is 1. The van der Waals surface area contributed by atoms with Gasteiger partial charge in [0.2, 0.25) is 0 Å². The van der Waals surface area contributed by atoms with E-state index in [1.165, 1.54) is 13.2 Å². The van der Waals surface area contributed by atoms with E-state index in [1.54, 1.807) is 13.0 Å². The molecule has 2 aliphatic heterocycles. The van der Waals surface area contributed by atoms with Crippen LogP contribution in [0.3, 0.4) is 0 Å². The van der Waals surface area contributed by atoms with Gasteiger partial charge in [0.25, 0.3) is 5.91 Å². The standard InChI is InChI=1S/C28H37NO7/c1-20-24(21-14-10-9-11-15-21)36-28(33)29(20)27(32)26(34-2)25-23(31)18-17-22(35-25)16-12-7-5-3-4-6-8-13-19-30/h9-11,14-18,20,24-26,30H,3-8,12-13,19H2,1-2H3/t20-,24-,25-,26-/m1/s1. The SMILES string of the molecule is CO[C@@H](C(=O)N1C(=O)O[C@@H](c2ccccc2)[C@H]1C)[C@@H]1OC(=CCCCCCCCCCO)C=CC1=O. The largest absolute Gasteiger partial charge is 0.479 e. The van der Waals surface area contributed by atoms with Crippen LogP contribution in [-0.4, -0.2) is 59.8 Å². The molecule has 0 spiro atoms. The van der Waals surface area contributed by atoms with Crippen molar-refractivity contribution >= 4 is 17.8 Å². The van der Waals surface area contributed by atoms with Gasteiger partial charge in [0, 0.05) is 13.7 Å². The van der Waals surface area contributed by atoms with E-state index in [2.05, 4.69) is 0 Å². The number of carbonyl (C=O) groups is 3. The Balaban J connectivity index is 1.57. The van der Waals surface area contributed by atoms with Crippen molar-refractivity contribution in [1.29, 1.82) is 0 Å². The molecule has 0 saturated carbocycles. The Hall–Kier alpha value is -2.97. The summed E-state index contributed by atoms with van der Waals surface area (Å²) >= 11 is 0. The Morgan fingerprint density at radius 3 is 2.36 bits per heavy atom. The first-order valence-electron chi connectivity index (χ1n) is 12.8. The van der Waals surface area contributed by atoms with Crippen LogP contribution in [0.5, 0.6) is 0 Å². The predicted molar refractivity (Wildman–Crippen MR) is 134 cm³/mol. The lowest BCUT2D eigenvalue weighted by atomic mass is 10.0. The Morgan fingerprint density at radius 1 is 1.03 bits per heavy atom. The van der Waals surface area contributed by atoms with Crippen LogP contribution in [0.4, 0.5) is 4.79 Å². The molecule has 0 radical (unpaired) electrons. The van der Waals surface area contributed by atoms with Crippen LogP contribution in [0.2, 0.25) is 0 Å². The number of imide groups is 1. The molecular weight excluding hydrogens is 462 g/mol. The van der Waals surface area contributed by atoms with Gasteiger partial charge in [0.15, 0.2) is 18.0 Å². The zero-order valence-electron chi connectivity index (χ0n) is 21.1. The number of hydrogen-bond donors (Lipinski definition) is 1. The summed E-state index contributed by atoms with van der Waals surface area (Å²) in [6.45, 7) is 1.99. The minimum Gasteiger partial charge on any atom is -0.479 e. The molecule has 2 amide bonds. The second-order valence-electron chi connectivity index (χ2n) is 9.19. The number of aliphatic hydroxyl groups is 1. The van der Waals surface area contributed by atoms with Crippen molar-refractivity contribution in [3.8, 4) is 0 Å². The van der Waals surface area contributed by atoms with Crippen molar-refractivity contribution in [2.75, 3.05) is 13.7 Å². The van der Waals surface area contributed by atoms with Crippen molar-refractivity contribution in [3.05, 3.63) is 59.9 Å². The third-order valence-corrected chi connectivity index (χ3v) is 6.57. The summed E-state index contributed by atoms with van der Waals surface area (Å²) in [4.78, 5) is 39.6. The summed E-state index contributed by atoms with van der Waals surface area (Å²) in [5, 5.41) is 8.82. The van der Waals surface area contributed by atoms with E-state index < -0.39 is 42.1 Å². The molecule has 1 aromatic carbocycles. The maximum atomic E-state index is 13.4. The smallest absolute Gasteiger partial charge is 0.417 e. The summed E-state index contributed by atoms with van der Waals surface area (Å²) in [5.74, 6) is -0.547. The highest BCUT2D eigenvalue weighted by atomic mass is 16.6. The fourth-order valence-corrected chi connectivity index (χ4v) is 4.55. The number of ether oxygens (including phenoxy) is 3. The maximum absolute atomic E-state index is 13.4. The number of hydrogen-bond acceptors (Lipinski definition) is 7. The van der Waals surface area contributed by atoms with Crippen LogP contribution in [0.1, 0.15) is 70.0 Å². The molecule has 2 heterocycles. The van der Waals surface area contributed by atoms with Crippen LogP contribution in [-0.2, 0) is 23.8 Å². The van der Waals surface area contributed by atoms with E-state index in [-0.39, 0.29) is 6.61 Å². The zero-order chi connectivity index (χ0) is 25.9. The molecule has 1 saturated heterocycles. The van der Waals surface area contributed by atoms with E-state index in [0.717, 1.165) is 61.8 Å². The molecule has 196 valence electrons. The Kier molecular flexibility index (Phi) is 10.7. The fourth-order valence-electron chi connectivity index (χ4n) is 4.55. The second-order valence-corrected chi connectivity index (χ2v) is 9.19. The minimum absolute atomic E-state index is 0.259. The second kappa shape index (κ2) is 13.9. The van der Waals surface area contributed by atoms with Gasteiger partial charge in [-0.3, -0.25) is 9.59 Å². The number of ketones is 1. The third kappa shape index (κ3) is 7.04. The van der Waals surface area contributed by atoms with Crippen molar-refractivity contribution in [3.63, 3.8) is 0 Å². The van der Waals surface area contributed by atoms with Crippen LogP contribution < -0.4 is 0 Å². The van der Waals surface area contributed by atoms with Crippen molar-refractivity contribution in [2.24, 2.45) is 0 Å². The molecule has 0 unspecified atom stereocenters. The highest BCUT2D eigenvalue weighted by molar-refractivity contribution is 6.03. The van der Waals surface area contributed by atoms with Gasteiger partial charge in [-0.25, -0.2) is 9.69 Å². The van der Waals surface area contributed by atoms with Crippen molar-refractivity contribution in [2.45, 2.75) is 82.6 Å². The Morgan fingerprint density at radius 2 is 1.69 bits per heavy atom. The topological polar surface area (TPSA) is 102 Å². The molecular formula is C28H37NO7. The van der Waals surface area contributed by atoms with Gasteiger partial charge < -0.3 is 19.3 Å². The van der Waals surface area contributed by atoms with Crippen molar-refractivity contribution in [1.82, 2.24) is 4.90 Å². The highest BCUT2D eigenvalue weighted by Gasteiger charge is 2.48. The summed E-state index contributed by atoms with van der Waals surface area (Å²) in [6.07, 6.45) is 9.30. The average molecular weight is 500 g/mol. The molecule has 0 aliphatic carbocycles. The lowest BCUT2D eigenvalue weighted by molar-refractivity contribution is -0.153. The van der Waals surface area contributed by atoms with E-state index in [4.69, 9.17) is 19.3 Å². The normalized spacial score (nSPS) is 23.6. The van der Waals surface area contributed by atoms with E-state index in [1.807, 2.05) is 36.4 Å². The molecule has 3 rings (SSSR count). The fraction of sp³-hybridized carbons (Fsp3) is 0.536. The first-order valence-corrected chi connectivity index (χ1v) is 12.8. The third-order valence-electron chi connectivity index (χ3n) is 6.57. The van der Waals surface area contributed by atoms with Crippen LogP contribution in [0.15, 0.2) is 54.3 Å². The first kappa shape index (κ1) is 27.6. The quantitative estimate of drug-likeness (QED) is 0.395. The predicted octanol–water partition coefficient (Wildman–Crippen LogP) is 4.63. The number of unbranched alkanes of at least 4 members (excludes halogenated alkanes) is 7. The average Bonchev–Trinajstić information content (AvgIpc) is 3.19. The van der Waals surface area contributed by atoms with Crippen molar-refractivity contribution < 1.29 is 33.7 Å². The highest BCUT2D eigenvalue weighted by Crippen LogP contribution is 2.33. The molecule has 2 aliphatic rings. The molecule has 1 fully saturated rings. The molecule has 4 atom stereocenters. The van der Waals surface area contributed by atoms with Gasteiger partial charge in [-0.1, -0.05) is 62.4 Å². The Labute approximate surface area is 212 Å². The molecule has 0 aromatic heterocycles. The van der Waals surface area contributed by atoms with Gasteiger partial charge in [-0.15, -0.1) is 0 Å². The number of allylic oxidation sites excluding steroid dienone is 2. The van der Waals surface area contributed by atoms with E-state index in [0.29, 0.717) is 5.76 Å². The summed E-state index contributed by atoms with van der Waals surface area (Å²) in [6, 6.07) is 8.64. The summed E-state index contributed by atoms with van der Waals surface area (Å²) in [5.41, 5.74) is 0.783. The number of cyclic esters (lactones) is 1. The van der Waals surface area contributed by atoms with Gasteiger partial charge in [0.05, 0.1) is 6.04 Å².